The van der Waals surface area contributed by atoms with Crippen molar-refractivity contribution < 1.29 is 183 Å². The van der Waals surface area contributed by atoms with Crippen LogP contribution in [0, 0.1) is 0 Å². The molecule has 4 aromatic carbocycles. The lowest BCUT2D eigenvalue weighted by Crippen LogP contribution is -2.86. The molecule has 0 bridgehead atoms. The van der Waals surface area contributed by atoms with Gasteiger partial charge in [0.1, 0.15) is 82.5 Å². The molecule has 22 N–H and O–H groups in total. The lowest BCUT2D eigenvalue weighted by atomic mass is 9.81. The molecule has 14 unspecified atom stereocenters. The van der Waals surface area contributed by atoms with Crippen LogP contribution in [0.3, 0.4) is 0 Å². The molecular weight excluding hydrogens is 2000 g/mol. The summed E-state index contributed by atoms with van der Waals surface area (Å²) in [6, 6.07) is 18.3. The number of phosphoric ester groups is 2. The van der Waals surface area contributed by atoms with Crippen molar-refractivity contribution in [3.63, 3.8) is 0 Å². The lowest BCUT2D eigenvalue weighted by Gasteiger charge is -2.30. The number of carboxylic acids is 1. The molecule has 12 rings (SSSR count). The average Bonchev–Trinajstić information content (AvgIpc) is 1.50. The Morgan fingerprint density at radius 1 is 0.715 bits per heavy atom. The first-order chi connectivity index (χ1) is 63.7. The van der Waals surface area contributed by atoms with Crippen molar-refractivity contribution in [3.05, 3.63) is 216 Å². The number of hydrogen-bond donors (Lipinski definition) is 19. The number of aliphatic hydroxyl groups is 4. The number of benzene rings is 4. The SMILES string of the molecule is CCN1C(=CC=CC2=[N+](CCCSCC(=O)NCC=Cc3cn(C4OC(COP(=O)(O)OP(=O)(O)OP(=O)(O)O)C(O)C4O)c(=O)nc3N)c3ccc(S(=O)(=O)O)cc3C2(C)C)C(C)c2cc(S(=O)(=O)[O-])ccc21.CNc1ccc2c(c1)OC1=CC([NH2+]C)C(C)=CC1=C2c1ccc(C(=O)NCC=Cc2cn(C3OC(COP(=O)(O)OP(=O)(O)OP(=O)(O)O)C(O)C3O)c(=O)nc2N)cc1C(=O)[O-]. The number of nitrogens with one attached hydrogen (secondary N) is 3. The van der Waals surface area contributed by atoms with E-state index >= 15 is 0 Å². The normalized spacial score (nSPS) is 23.0. The number of carbonyl (C=O) groups is 3. The highest BCUT2D eigenvalue weighted by molar-refractivity contribution is 7.99. The molecule has 7 heterocycles. The summed E-state index contributed by atoms with van der Waals surface area (Å²) < 4.78 is 183. The predicted molar refractivity (Wildman–Crippen MR) is 482 cm³/mol. The standard InChI is InChI=1S/C41H53N6O21P3S3.C36H41N6O18P3/c1-5-45-30(24(2)28-19-26(73(59,60)61)12-14-31(28)45)10-6-11-34-41(3,4)29-20-27(74(62,63)64)13-15-32(29)46(34)17-8-18-72-23-35(48)43-16-7-9-25-21-47(40(51)44-38(25)42)39-37(50)36(49)33(66-39)22-65-70(55,56)68-71(57,58)67-69(52,53)54;1-17-11-24-27(14-25(17)39-3)57-26-13-20(38-2)7-9-22(26)29(24)21-8-6-18(12-23(21)35(46)47)33(45)40-10-4-5-19-15-42(36(48)41-32(19)37)34-31(44)30(43)28(58-34)16-56-62(52,53)60-63(54,55)59-61(49,50)51/h6-7,9-15,19-21,24,33,36-37,39,49-50H,5,8,16-18,22-23H2,1-4H3,(H8-,42,43,44,48,51,52,53,54,55,56,57,58,59,60,61,62,63,64);4-9,11-15,25,28,30-31,34,38-39,43-44H,10,16H2,1-3H3,(H,40,45)(H,46,47)(H,52,53)(H,54,55)(H2,37,41,48)(H2,49,50,51). The van der Waals surface area contributed by atoms with Crippen LogP contribution in [-0.4, -0.2) is 240 Å². The summed E-state index contributed by atoms with van der Waals surface area (Å²) in [5, 5.41) is 65.4. The molecule has 5 aliphatic heterocycles. The van der Waals surface area contributed by atoms with E-state index in [1.165, 1.54) is 78.5 Å². The van der Waals surface area contributed by atoms with Crippen molar-refractivity contribution in [2.24, 2.45) is 0 Å². The van der Waals surface area contributed by atoms with Gasteiger partial charge in [0.15, 0.2) is 18.2 Å². The fraction of sp³-hybridized carbons (Fsp3) is 0.351. The van der Waals surface area contributed by atoms with Crippen molar-refractivity contribution >= 4 is 149 Å². The van der Waals surface area contributed by atoms with E-state index in [0.29, 0.717) is 74.7 Å². The largest absolute Gasteiger partial charge is 0.744 e. The molecule has 60 heteroatoms. The highest BCUT2D eigenvalue weighted by atomic mass is 32.2. The number of carbonyl (C=O) groups excluding carboxylic acids is 3. The van der Waals surface area contributed by atoms with Crippen LogP contribution in [0.4, 0.5) is 28.7 Å². The summed E-state index contributed by atoms with van der Waals surface area (Å²) in [5.74, 6) is -1.72. The quantitative estimate of drug-likeness (QED) is 0.0113. The van der Waals surface area contributed by atoms with E-state index in [4.69, 9.17) is 45.3 Å². The van der Waals surface area contributed by atoms with Crippen molar-refractivity contribution in [3.8, 4) is 5.75 Å². The summed E-state index contributed by atoms with van der Waals surface area (Å²) in [4.78, 5) is 146. The minimum atomic E-state index is -5.85. The van der Waals surface area contributed by atoms with Crippen LogP contribution in [-0.2, 0) is 93.6 Å². The smallest absolute Gasteiger partial charge is 0.490 e. The number of quaternary nitrogens is 1. The molecular formula is C77H94N12O39P6S3. The van der Waals surface area contributed by atoms with Crippen LogP contribution in [0.25, 0.3) is 17.7 Å². The zero-order valence-corrected chi connectivity index (χ0v) is 80.5. The maximum absolute atomic E-state index is 13.3. The Labute approximate surface area is 782 Å². The molecule has 51 nitrogen and oxygen atoms in total. The average molecular weight is 2090 g/mol. The molecule has 137 heavy (non-hydrogen) atoms. The summed E-state index contributed by atoms with van der Waals surface area (Å²) >= 11 is 1.35. The Balaban J connectivity index is 0.000000266. The minimum Gasteiger partial charge on any atom is -0.744 e. The first kappa shape index (κ1) is 108. The molecule has 14 atom stereocenters. The Bertz CT molecular complexity index is 6720. The topological polar surface area (TPSA) is 795 Å². The molecule has 2 fully saturated rings. The number of aliphatic hydroxyl groups excluding tert-OH is 4. The third-order valence-corrected chi connectivity index (χ3v) is 32.0. The molecule has 2 saturated heterocycles. The van der Waals surface area contributed by atoms with Gasteiger partial charge in [-0.05, 0) is 117 Å². The Morgan fingerprint density at radius 3 is 1.78 bits per heavy atom. The molecule has 0 saturated carbocycles. The molecule has 0 radical (unpaired) electrons. The second kappa shape index (κ2) is 43.0. The van der Waals surface area contributed by atoms with Gasteiger partial charge in [-0.1, -0.05) is 43.4 Å². The number of amides is 2. The fourth-order valence-corrected chi connectivity index (χ4v) is 23.1. The van der Waals surface area contributed by atoms with Gasteiger partial charge in [0.05, 0.1) is 47.2 Å². The van der Waals surface area contributed by atoms with E-state index < -0.39 is 158 Å². The van der Waals surface area contributed by atoms with Crippen molar-refractivity contribution in [1.82, 2.24) is 29.7 Å². The molecule has 6 aliphatic rings. The number of nitrogens with zero attached hydrogens (tertiary/aromatic N) is 6. The molecule has 744 valence electrons. The number of rotatable bonds is 38. The number of likely N-dealkylation sites (N-methyl/N-ethyl adjacent to an activating group) is 2. The van der Waals surface area contributed by atoms with E-state index in [1.807, 2.05) is 99.0 Å². The predicted octanol–water partition coefficient (Wildman–Crippen LogP) is 1.59. The second-order valence-electron chi connectivity index (χ2n) is 31.2. The minimum absolute atomic E-state index is 0.00790. The number of aromatic carboxylic acids is 1. The van der Waals surface area contributed by atoms with Crippen molar-refractivity contribution in [2.75, 3.05) is 86.7 Å². The number of phosphoric acid groups is 6. The van der Waals surface area contributed by atoms with Gasteiger partial charge >= 0.3 is 58.3 Å². The van der Waals surface area contributed by atoms with Gasteiger partial charge in [0.2, 0.25) is 11.6 Å². The molecule has 0 spiro atoms. The maximum atomic E-state index is 13.3. The van der Waals surface area contributed by atoms with E-state index in [-0.39, 0.29) is 80.4 Å². The number of ether oxygens (including phenoxy) is 3. The van der Waals surface area contributed by atoms with Gasteiger partial charge in [0, 0.05) is 137 Å². The summed E-state index contributed by atoms with van der Waals surface area (Å²) in [6.45, 7) is 8.23. The number of carboxylic acid groups (broad SMARTS) is 1. The summed E-state index contributed by atoms with van der Waals surface area (Å²) in [5.41, 5.74) is 17.3. The number of fused-ring (bicyclic) bond motifs is 4. The lowest BCUT2D eigenvalue weighted by molar-refractivity contribution is -0.644. The van der Waals surface area contributed by atoms with Gasteiger partial charge in [0.25, 0.3) is 16.0 Å². The van der Waals surface area contributed by atoms with Gasteiger partial charge in [-0.25, -0.2) is 45.4 Å². The highest BCUT2D eigenvalue weighted by Gasteiger charge is 2.51. The number of anilines is 4. The van der Waals surface area contributed by atoms with E-state index in [2.05, 4.69) is 52.2 Å². The zero-order valence-electron chi connectivity index (χ0n) is 72.7. The van der Waals surface area contributed by atoms with Gasteiger partial charge in [-0.15, -0.1) is 0 Å². The fourth-order valence-electron chi connectivity index (χ4n) is 15.3. The number of hydrogen-bond acceptors (Lipinski definition) is 37. The number of nitrogens with two attached hydrogens (primary N) is 3. The summed E-state index contributed by atoms with van der Waals surface area (Å²) in [7, 11) is -39.8. The van der Waals surface area contributed by atoms with Crippen molar-refractivity contribution in [1.29, 1.82) is 0 Å². The third kappa shape index (κ3) is 26.5. The molecule has 1 aliphatic carbocycles. The monoisotopic (exact) mass is 2090 g/mol. The zero-order chi connectivity index (χ0) is 101. The number of nitrogen functional groups attached to an aromatic ring is 2. The van der Waals surface area contributed by atoms with Crippen LogP contribution in [0.1, 0.15) is 114 Å². The van der Waals surface area contributed by atoms with E-state index in [0.717, 1.165) is 51.0 Å². The molecule has 2 amide bonds. The first-order valence-corrected chi connectivity index (χ1v) is 53.5. The first-order valence-electron chi connectivity index (χ1n) is 40.4. The molecule has 6 aromatic rings. The van der Waals surface area contributed by atoms with Gasteiger partial charge in [-0.2, -0.15) is 52.0 Å². The number of thioether (sulfide) groups is 1. The maximum Gasteiger partial charge on any atom is 0.490 e. The van der Waals surface area contributed by atoms with E-state index in [1.54, 1.807) is 25.2 Å². The van der Waals surface area contributed by atoms with E-state index in [9.17, 15) is 122 Å². The van der Waals surface area contributed by atoms with Gasteiger partial charge < -0.3 is 126 Å². The van der Waals surface area contributed by atoms with Crippen LogP contribution in [0.5, 0.6) is 5.75 Å². The van der Waals surface area contributed by atoms with Gasteiger partial charge in [-0.3, -0.25) is 32.3 Å². The Kier molecular flexibility index (Phi) is 33.9. The third-order valence-electron chi connectivity index (χ3n) is 21.6. The Morgan fingerprint density at radius 2 is 1.26 bits per heavy atom. The number of allylic oxidation sites excluding steroid dienone is 5. The summed E-state index contributed by atoms with van der Waals surface area (Å²) in [6.07, 6.45) is 3.47. The Hall–Kier alpha value is -9.39. The van der Waals surface area contributed by atoms with Crippen LogP contribution in [0.15, 0.2) is 170 Å². The van der Waals surface area contributed by atoms with Crippen molar-refractivity contribution in [2.45, 2.75) is 117 Å². The van der Waals surface area contributed by atoms with Crippen LogP contribution >= 0.6 is 58.7 Å². The number of aromatic nitrogens is 4. The molecule has 2 aromatic heterocycles. The second-order valence-corrected chi connectivity index (χ2v) is 44.0. The van der Waals surface area contributed by atoms with Crippen LogP contribution < -0.4 is 58.9 Å². The van der Waals surface area contributed by atoms with Crippen LogP contribution in [0.2, 0.25) is 0 Å². The highest BCUT2D eigenvalue weighted by Crippen LogP contribution is 2.68.